The van der Waals surface area contributed by atoms with Gasteiger partial charge in [-0.05, 0) is 84.9 Å². The Morgan fingerprint density at radius 1 is 1.00 bits per heavy atom. The van der Waals surface area contributed by atoms with Crippen LogP contribution in [0.4, 0.5) is 0 Å². The molecule has 1 saturated heterocycles. The Morgan fingerprint density at radius 3 is 2.29 bits per heavy atom. The number of carbonyl (C=O) groups is 2. The van der Waals surface area contributed by atoms with Gasteiger partial charge in [-0.1, -0.05) is 41.5 Å². The van der Waals surface area contributed by atoms with Crippen LogP contribution in [0.15, 0.2) is 0 Å². The molecule has 0 spiro atoms. The summed E-state index contributed by atoms with van der Waals surface area (Å²) in [5.74, 6) is 0.356. The number of aliphatic hydroxyl groups is 3. The zero-order chi connectivity index (χ0) is 25.2. The fraction of sp³-hybridized carbons (Fsp3) is 0.929. The van der Waals surface area contributed by atoms with E-state index in [2.05, 4.69) is 13.8 Å². The molecule has 4 rings (SSSR count). The van der Waals surface area contributed by atoms with E-state index in [-0.39, 0.29) is 70.4 Å². The van der Waals surface area contributed by atoms with Crippen LogP contribution in [-0.2, 0) is 14.3 Å². The van der Waals surface area contributed by atoms with Crippen molar-refractivity contribution in [3.05, 3.63) is 0 Å². The fourth-order valence-corrected chi connectivity index (χ4v) is 8.77. The van der Waals surface area contributed by atoms with Crippen molar-refractivity contribution in [3.8, 4) is 0 Å². The summed E-state index contributed by atoms with van der Waals surface area (Å²) >= 11 is 0. The average molecular weight is 479 g/mol. The third-order valence-electron chi connectivity index (χ3n) is 11.3. The minimum Gasteiger partial charge on any atom is -0.465 e. The number of carbonyl (C=O) groups excluding carboxylic acids is 2. The molecule has 6 heteroatoms. The molecule has 3 saturated carbocycles. The van der Waals surface area contributed by atoms with Gasteiger partial charge >= 0.3 is 5.97 Å². The van der Waals surface area contributed by atoms with Crippen molar-refractivity contribution in [1.29, 1.82) is 0 Å². The van der Waals surface area contributed by atoms with E-state index in [1.807, 2.05) is 27.7 Å². The van der Waals surface area contributed by atoms with E-state index in [1.165, 1.54) is 0 Å². The van der Waals surface area contributed by atoms with Gasteiger partial charge in [0.25, 0.3) is 0 Å². The van der Waals surface area contributed by atoms with Crippen molar-refractivity contribution < 1.29 is 29.6 Å². The lowest BCUT2D eigenvalue weighted by molar-refractivity contribution is -0.162. The molecular formula is C28H46O6. The predicted octanol–water partition coefficient (Wildman–Crippen LogP) is 3.60. The maximum absolute atomic E-state index is 13.0. The molecule has 4 aliphatic rings. The minimum atomic E-state index is -0.945. The third-order valence-corrected chi connectivity index (χ3v) is 11.3. The van der Waals surface area contributed by atoms with Gasteiger partial charge in [0.2, 0.25) is 0 Å². The van der Waals surface area contributed by atoms with Gasteiger partial charge in [0.05, 0.1) is 24.7 Å². The summed E-state index contributed by atoms with van der Waals surface area (Å²) in [6.07, 6.45) is 1.99. The molecule has 0 radical (unpaired) electrons. The Labute approximate surface area is 204 Å². The molecule has 4 fully saturated rings. The largest absolute Gasteiger partial charge is 0.465 e. The maximum atomic E-state index is 13.0. The molecule has 3 N–H and O–H groups in total. The van der Waals surface area contributed by atoms with E-state index < -0.39 is 18.3 Å². The maximum Gasteiger partial charge on any atom is 0.309 e. The van der Waals surface area contributed by atoms with Gasteiger partial charge in [0.15, 0.2) is 5.78 Å². The highest BCUT2D eigenvalue weighted by Crippen LogP contribution is 2.66. The van der Waals surface area contributed by atoms with Gasteiger partial charge in [-0.2, -0.15) is 0 Å². The molecule has 194 valence electrons. The molecule has 34 heavy (non-hydrogen) atoms. The third kappa shape index (κ3) is 3.96. The number of fused-ring (bicyclic) bond motifs is 5. The Morgan fingerprint density at radius 2 is 1.65 bits per heavy atom. The fourth-order valence-electron chi connectivity index (χ4n) is 8.77. The summed E-state index contributed by atoms with van der Waals surface area (Å²) in [5, 5.41) is 31.9. The summed E-state index contributed by atoms with van der Waals surface area (Å²) in [6.45, 7) is 12.9. The van der Waals surface area contributed by atoms with E-state index in [9.17, 15) is 24.9 Å². The van der Waals surface area contributed by atoms with Crippen LogP contribution in [0.2, 0.25) is 0 Å². The van der Waals surface area contributed by atoms with Gasteiger partial charge in [-0.15, -0.1) is 0 Å². The van der Waals surface area contributed by atoms with Crippen LogP contribution in [0, 0.1) is 58.2 Å². The summed E-state index contributed by atoms with van der Waals surface area (Å²) in [7, 11) is 0. The molecule has 1 heterocycles. The van der Waals surface area contributed by atoms with Crippen LogP contribution in [0.5, 0.6) is 0 Å². The molecular weight excluding hydrogens is 432 g/mol. The quantitative estimate of drug-likeness (QED) is 0.522. The Kier molecular flexibility index (Phi) is 7.02. The van der Waals surface area contributed by atoms with E-state index in [0.29, 0.717) is 18.9 Å². The number of rotatable bonds is 5. The first-order chi connectivity index (χ1) is 15.8. The molecule has 0 unspecified atom stereocenters. The lowest BCUT2D eigenvalue weighted by Gasteiger charge is -2.56. The highest BCUT2D eigenvalue weighted by molar-refractivity contribution is 5.85. The highest BCUT2D eigenvalue weighted by Gasteiger charge is 2.63. The first-order valence-electron chi connectivity index (χ1n) is 13.6. The number of hydrogen-bond donors (Lipinski definition) is 3. The van der Waals surface area contributed by atoms with Gasteiger partial charge < -0.3 is 20.1 Å². The number of ether oxygens (including phenoxy) is 1. The van der Waals surface area contributed by atoms with Gasteiger partial charge in [0, 0.05) is 5.92 Å². The number of cyclic esters (lactones) is 1. The zero-order valence-corrected chi connectivity index (χ0v) is 21.9. The summed E-state index contributed by atoms with van der Waals surface area (Å²) < 4.78 is 5.85. The molecule has 12 atom stereocenters. The van der Waals surface area contributed by atoms with Crippen LogP contribution in [0.1, 0.15) is 80.1 Å². The molecule has 6 nitrogen and oxygen atoms in total. The predicted molar refractivity (Wildman–Crippen MR) is 129 cm³/mol. The molecule has 3 aliphatic carbocycles. The van der Waals surface area contributed by atoms with Crippen molar-refractivity contribution >= 4 is 11.8 Å². The normalized spacial score (nSPS) is 47.0. The SMILES string of the molecule is CC(C)[C@H](C)C(=O)[C@H](O)[C@@H](C)[C@H]1CC[C@H]2[C@@H]3COC(=O)[C@H]4C[C@@H](O)[C@H](O)C[C@]4(C)[C@H]3CC[C@]12C. The van der Waals surface area contributed by atoms with Crippen LogP contribution >= 0.6 is 0 Å². The van der Waals surface area contributed by atoms with E-state index in [1.54, 1.807) is 0 Å². The van der Waals surface area contributed by atoms with E-state index in [0.717, 1.165) is 25.7 Å². The Balaban J connectivity index is 1.58. The van der Waals surface area contributed by atoms with Crippen molar-refractivity contribution in [3.63, 3.8) is 0 Å². The van der Waals surface area contributed by atoms with Crippen molar-refractivity contribution in [2.75, 3.05) is 6.61 Å². The summed E-state index contributed by atoms with van der Waals surface area (Å²) in [6, 6.07) is 0. The zero-order valence-electron chi connectivity index (χ0n) is 21.9. The second-order valence-corrected chi connectivity index (χ2v) is 13.1. The molecule has 0 amide bonds. The van der Waals surface area contributed by atoms with E-state index >= 15 is 0 Å². The number of esters is 1. The molecule has 0 aromatic rings. The smallest absolute Gasteiger partial charge is 0.309 e. The van der Waals surface area contributed by atoms with E-state index in [4.69, 9.17) is 4.74 Å². The first-order valence-corrected chi connectivity index (χ1v) is 13.6. The standard InChI is InChI=1S/C28H46O6/c1-14(2)15(3)24(31)25(32)16(4)18-7-8-19-17-13-34-26(33)21-11-22(29)23(30)12-28(21,6)20(17)9-10-27(18,19)5/h14-23,25,29-30,32H,7-13H2,1-6H3/t15-,16-,17-,18+,19-,20-,21+,22+,23+,25+,27+,28+/m0/s1. The second-order valence-electron chi connectivity index (χ2n) is 13.1. The van der Waals surface area contributed by atoms with Crippen LogP contribution in [0.25, 0.3) is 0 Å². The number of Topliss-reactive ketones (excluding diaryl/α,β-unsaturated/α-hetero) is 1. The van der Waals surface area contributed by atoms with Crippen molar-refractivity contribution in [1.82, 2.24) is 0 Å². The van der Waals surface area contributed by atoms with Crippen molar-refractivity contribution in [2.24, 2.45) is 58.2 Å². The monoisotopic (exact) mass is 478 g/mol. The Bertz CT molecular complexity index is 796. The van der Waals surface area contributed by atoms with Crippen LogP contribution in [0.3, 0.4) is 0 Å². The van der Waals surface area contributed by atoms with Gasteiger partial charge in [0.1, 0.15) is 6.10 Å². The lowest BCUT2D eigenvalue weighted by Crippen LogP contribution is -2.54. The molecule has 0 aromatic carbocycles. The van der Waals surface area contributed by atoms with Crippen LogP contribution < -0.4 is 0 Å². The van der Waals surface area contributed by atoms with Gasteiger partial charge in [-0.3, -0.25) is 9.59 Å². The highest BCUT2D eigenvalue weighted by atomic mass is 16.5. The topological polar surface area (TPSA) is 104 Å². The van der Waals surface area contributed by atoms with Crippen molar-refractivity contribution in [2.45, 2.75) is 98.4 Å². The molecule has 1 aliphatic heterocycles. The lowest BCUT2D eigenvalue weighted by atomic mass is 9.48. The first kappa shape index (κ1) is 26.1. The summed E-state index contributed by atoms with van der Waals surface area (Å²) in [4.78, 5) is 26.0. The Hall–Kier alpha value is -0.980. The van der Waals surface area contributed by atoms with Gasteiger partial charge in [-0.25, -0.2) is 0 Å². The molecule has 0 bridgehead atoms. The van der Waals surface area contributed by atoms with Crippen LogP contribution in [-0.4, -0.2) is 52.0 Å². The minimum absolute atomic E-state index is 0.0156. The number of ketones is 1. The summed E-state index contributed by atoms with van der Waals surface area (Å²) in [5.41, 5.74) is -0.400. The average Bonchev–Trinajstić information content (AvgIpc) is 3.09. The molecule has 0 aromatic heterocycles. The number of hydrogen-bond acceptors (Lipinski definition) is 6. The second kappa shape index (κ2) is 9.15. The number of aliphatic hydroxyl groups excluding tert-OH is 3.